The summed E-state index contributed by atoms with van der Waals surface area (Å²) in [5.74, 6) is -0.734. The number of aromatic hydroxyl groups is 1. The van der Waals surface area contributed by atoms with Crippen LogP contribution >= 0.6 is 0 Å². The third kappa shape index (κ3) is 2.70. The van der Waals surface area contributed by atoms with Crippen LogP contribution in [0.15, 0.2) is 12.1 Å². The summed E-state index contributed by atoms with van der Waals surface area (Å²) >= 11 is 0. The van der Waals surface area contributed by atoms with E-state index < -0.39 is 5.97 Å². The number of carboxylic acid groups (broad SMARTS) is 1. The maximum absolute atomic E-state index is 11.7. The van der Waals surface area contributed by atoms with Crippen LogP contribution in [-0.4, -0.2) is 33.5 Å². The van der Waals surface area contributed by atoms with Crippen molar-refractivity contribution < 1.29 is 19.8 Å². The molecule has 1 aliphatic rings. The monoisotopic (exact) mass is 263 g/mol. The van der Waals surface area contributed by atoms with Gasteiger partial charge in [0.1, 0.15) is 5.75 Å². The molecule has 1 fully saturated rings. The van der Waals surface area contributed by atoms with E-state index >= 15 is 0 Å². The summed E-state index contributed by atoms with van der Waals surface area (Å²) in [5.41, 5.74) is 1.36. The van der Waals surface area contributed by atoms with E-state index in [4.69, 9.17) is 5.11 Å². The zero-order chi connectivity index (χ0) is 14.2. The first-order valence-corrected chi connectivity index (χ1v) is 6.22. The third-order valence-corrected chi connectivity index (χ3v) is 3.45. The van der Waals surface area contributed by atoms with Crippen LogP contribution < -0.4 is 0 Å². The molecule has 5 heteroatoms. The van der Waals surface area contributed by atoms with E-state index in [-0.39, 0.29) is 17.2 Å². The Kier molecular flexibility index (Phi) is 3.46. The Bertz CT molecular complexity index is 515. The van der Waals surface area contributed by atoms with E-state index in [2.05, 4.69) is 0 Å². The van der Waals surface area contributed by atoms with Crippen LogP contribution in [0.1, 0.15) is 34.8 Å². The lowest BCUT2D eigenvalue weighted by Gasteiger charge is -2.19. The van der Waals surface area contributed by atoms with Gasteiger partial charge in [0.2, 0.25) is 5.91 Å². The maximum Gasteiger partial charge on any atom is 0.335 e. The van der Waals surface area contributed by atoms with Crippen molar-refractivity contribution in [2.75, 3.05) is 6.54 Å². The van der Waals surface area contributed by atoms with Crippen LogP contribution in [0.5, 0.6) is 5.75 Å². The highest BCUT2D eigenvalue weighted by molar-refractivity contribution is 5.88. The van der Waals surface area contributed by atoms with Gasteiger partial charge in [0.05, 0.1) is 5.56 Å². The van der Waals surface area contributed by atoms with Gasteiger partial charge in [-0.15, -0.1) is 0 Å². The molecule has 1 saturated heterocycles. The molecule has 0 radical (unpaired) electrons. The van der Waals surface area contributed by atoms with E-state index in [0.29, 0.717) is 36.6 Å². The summed E-state index contributed by atoms with van der Waals surface area (Å²) < 4.78 is 0. The summed E-state index contributed by atoms with van der Waals surface area (Å²) in [5, 5.41) is 18.8. The van der Waals surface area contributed by atoms with Crippen LogP contribution in [0.3, 0.4) is 0 Å². The average Bonchev–Trinajstić information content (AvgIpc) is 2.62. The van der Waals surface area contributed by atoms with Crippen LogP contribution in [0.2, 0.25) is 0 Å². The number of likely N-dealkylation sites (tertiary alicyclic amines) is 1. The SMILES string of the molecule is Cc1cc(C(=O)O)cc(O)c1CN1CC(C)CC1=O. The summed E-state index contributed by atoms with van der Waals surface area (Å²) in [6.45, 7) is 4.77. The van der Waals surface area contributed by atoms with Gasteiger partial charge in [0.15, 0.2) is 0 Å². The van der Waals surface area contributed by atoms with Crippen LogP contribution in [0.25, 0.3) is 0 Å². The van der Waals surface area contributed by atoms with Crippen molar-refractivity contribution in [1.82, 2.24) is 4.90 Å². The second kappa shape index (κ2) is 4.91. The lowest BCUT2D eigenvalue weighted by molar-refractivity contribution is -0.128. The second-order valence-corrected chi connectivity index (χ2v) is 5.18. The highest BCUT2D eigenvalue weighted by Crippen LogP contribution is 2.27. The molecule has 0 saturated carbocycles. The van der Waals surface area contributed by atoms with Gasteiger partial charge in [0, 0.05) is 25.1 Å². The highest BCUT2D eigenvalue weighted by atomic mass is 16.4. The molecule has 102 valence electrons. The van der Waals surface area contributed by atoms with Crippen LogP contribution in [-0.2, 0) is 11.3 Å². The lowest BCUT2D eigenvalue weighted by atomic mass is 10.0. The molecular formula is C14H17NO4. The topological polar surface area (TPSA) is 77.8 Å². The lowest BCUT2D eigenvalue weighted by Crippen LogP contribution is -2.25. The van der Waals surface area contributed by atoms with Crippen molar-refractivity contribution in [2.45, 2.75) is 26.8 Å². The van der Waals surface area contributed by atoms with Crippen molar-refractivity contribution >= 4 is 11.9 Å². The number of amides is 1. The smallest absolute Gasteiger partial charge is 0.335 e. The van der Waals surface area contributed by atoms with Crippen molar-refractivity contribution in [3.05, 3.63) is 28.8 Å². The number of nitrogens with zero attached hydrogens (tertiary/aromatic N) is 1. The van der Waals surface area contributed by atoms with Crippen molar-refractivity contribution in [3.8, 4) is 5.75 Å². The van der Waals surface area contributed by atoms with Crippen molar-refractivity contribution in [2.24, 2.45) is 5.92 Å². The van der Waals surface area contributed by atoms with Gasteiger partial charge >= 0.3 is 5.97 Å². The summed E-state index contributed by atoms with van der Waals surface area (Å²) in [6, 6.07) is 2.75. The number of aryl methyl sites for hydroxylation is 1. The molecule has 19 heavy (non-hydrogen) atoms. The molecule has 1 atom stereocenters. The van der Waals surface area contributed by atoms with E-state index in [1.165, 1.54) is 12.1 Å². The molecule has 1 aliphatic heterocycles. The molecule has 1 unspecified atom stereocenters. The summed E-state index contributed by atoms with van der Waals surface area (Å²) in [7, 11) is 0. The number of benzene rings is 1. The molecule has 2 rings (SSSR count). The first kappa shape index (κ1) is 13.4. The Morgan fingerprint density at radius 3 is 2.63 bits per heavy atom. The molecule has 0 aromatic heterocycles. The fourth-order valence-corrected chi connectivity index (χ4v) is 2.44. The summed E-state index contributed by atoms with van der Waals surface area (Å²) in [4.78, 5) is 24.3. The third-order valence-electron chi connectivity index (χ3n) is 3.45. The largest absolute Gasteiger partial charge is 0.508 e. The quantitative estimate of drug-likeness (QED) is 0.871. The predicted molar refractivity (Wildman–Crippen MR) is 69.0 cm³/mol. The normalized spacial score (nSPS) is 18.9. The summed E-state index contributed by atoms with van der Waals surface area (Å²) in [6.07, 6.45) is 0.535. The van der Waals surface area contributed by atoms with Gasteiger partial charge in [-0.1, -0.05) is 6.92 Å². The van der Waals surface area contributed by atoms with Crippen LogP contribution in [0, 0.1) is 12.8 Å². The van der Waals surface area contributed by atoms with Gasteiger partial charge in [0.25, 0.3) is 0 Å². The zero-order valence-corrected chi connectivity index (χ0v) is 11.0. The van der Waals surface area contributed by atoms with E-state index in [0.717, 1.165) is 0 Å². The Morgan fingerprint density at radius 2 is 2.16 bits per heavy atom. The first-order chi connectivity index (χ1) is 8.88. The second-order valence-electron chi connectivity index (χ2n) is 5.18. The number of rotatable bonds is 3. The number of hydrogen-bond donors (Lipinski definition) is 2. The Balaban J connectivity index is 2.26. The predicted octanol–water partition coefficient (Wildman–Crippen LogP) is 1.77. The Hall–Kier alpha value is -2.04. The molecular weight excluding hydrogens is 246 g/mol. The Morgan fingerprint density at radius 1 is 1.47 bits per heavy atom. The fourth-order valence-electron chi connectivity index (χ4n) is 2.44. The minimum atomic E-state index is -1.07. The zero-order valence-electron chi connectivity index (χ0n) is 11.0. The molecule has 1 aromatic rings. The van der Waals surface area contributed by atoms with Crippen molar-refractivity contribution in [3.63, 3.8) is 0 Å². The van der Waals surface area contributed by atoms with E-state index in [1.807, 2.05) is 6.92 Å². The number of carbonyl (C=O) groups excluding carboxylic acids is 1. The molecule has 5 nitrogen and oxygen atoms in total. The minimum Gasteiger partial charge on any atom is -0.508 e. The number of hydrogen-bond acceptors (Lipinski definition) is 3. The standard InChI is InChI=1S/C14H17NO4/c1-8-3-13(17)15(6-8)7-11-9(2)4-10(14(18)19)5-12(11)16/h4-5,8,16H,3,6-7H2,1-2H3,(H,18,19). The minimum absolute atomic E-state index is 0.0554. The van der Waals surface area contributed by atoms with Gasteiger partial charge in [-0.05, 0) is 30.5 Å². The maximum atomic E-state index is 11.7. The van der Waals surface area contributed by atoms with E-state index in [9.17, 15) is 14.7 Å². The van der Waals surface area contributed by atoms with E-state index in [1.54, 1.807) is 11.8 Å². The highest BCUT2D eigenvalue weighted by Gasteiger charge is 2.27. The van der Waals surface area contributed by atoms with Gasteiger partial charge in [-0.25, -0.2) is 4.79 Å². The first-order valence-electron chi connectivity index (χ1n) is 6.22. The van der Waals surface area contributed by atoms with Gasteiger partial charge in [-0.2, -0.15) is 0 Å². The van der Waals surface area contributed by atoms with Crippen molar-refractivity contribution in [1.29, 1.82) is 0 Å². The number of aromatic carboxylic acids is 1. The molecule has 0 aliphatic carbocycles. The molecule has 1 amide bonds. The number of phenolic OH excluding ortho intramolecular Hbond substituents is 1. The Labute approximate surface area is 111 Å². The molecule has 1 aromatic carbocycles. The fraction of sp³-hybridized carbons (Fsp3) is 0.429. The molecule has 0 bridgehead atoms. The molecule has 2 N–H and O–H groups in total. The average molecular weight is 263 g/mol. The molecule has 0 spiro atoms. The number of carboxylic acids is 1. The van der Waals surface area contributed by atoms with Gasteiger partial charge in [-0.3, -0.25) is 4.79 Å². The van der Waals surface area contributed by atoms with Crippen LogP contribution in [0.4, 0.5) is 0 Å². The molecule has 1 heterocycles. The number of carbonyl (C=O) groups is 2. The number of phenols is 1. The van der Waals surface area contributed by atoms with Gasteiger partial charge < -0.3 is 15.1 Å².